The summed E-state index contributed by atoms with van der Waals surface area (Å²) in [7, 11) is 0. The summed E-state index contributed by atoms with van der Waals surface area (Å²) in [5.74, 6) is -1.17. The molecule has 6 heteroatoms. The van der Waals surface area contributed by atoms with Crippen molar-refractivity contribution in [2.45, 2.75) is 11.8 Å². The maximum atomic E-state index is 12.0. The number of ether oxygens (including phenoxy) is 1. The second kappa shape index (κ2) is 6.38. The lowest BCUT2D eigenvalue weighted by Gasteiger charge is -2.10. The quantitative estimate of drug-likeness (QED) is 0.365. The molecule has 0 radical (unpaired) electrons. The van der Waals surface area contributed by atoms with E-state index in [1.807, 2.05) is 0 Å². The molecule has 0 aliphatic carbocycles. The molecule has 1 rings (SSSR count). The van der Waals surface area contributed by atoms with Gasteiger partial charge in [-0.05, 0) is 19.1 Å². The number of benzene rings is 1. The van der Waals surface area contributed by atoms with Crippen molar-refractivity contribution in [1.29, 1.82) is 0 Å². The molecule has 92 valence electrons. The van der Waals surface area contributed by atoms with E-state index < -0.39 is 16.6 Å². The fourth-order valence-corrected chi connectivity index (χ4v) is 2.13. The Hall–Kier alpha value is -0.580. The van der Waals surface area contributed by atoms with Gasteiger partial charge >= 0.3 is 5.97 Å². The Morgan fingerprint density at radius 3 is 2.35 bits per heavy atom. The molecule has 1 unspecified atom stereocenters. The topological polar surface area (TPSA) is 43.4 Å². The van der Waals surface area contributed by atoms with Gasteiger partial charge in [-0.2, -0.15) is 0 Å². The lowest BCUT2D eigenvalue weighted by atomic mass is 10.1. The number of carbonyl (C=O) groups excluding carboxylic acids is 2. The predicted octanol–water partition coefficient (Wildman–Crippen LogP) is 3.50. The Kier molecular flexibility index (Phi) is 5.43. The molecule has 3 nitrogen and oxygen atoms in total. The molecular weight excluding hydrogens is 331 g/mol. The van der Waals surface area contributed by atoms with Gasteiger partial charge in [-0.15, -0.1) is 0 Å². The van der Waals surface area contributed by atoms with Crippen LogP contribution in [-0.4, -0.2) is 23.2 Å². The van der Waals surface area contributed by atoms with Gasteiger partial charge in [0.15, 0.2) is 10.6 Å². The molecule has 0 spiro atoms. The minimum atomic E-state index is -1.10. The van der Waals surface area contributed by atoms with Gasteiger partial charge in [0.05, 0.1) is 22.2 Å². The van der Waals surface area contributed by atoms with Crippen LogP contribution in [0.15, 0.2) is 18.2 Å². The maximum absolute atomic E-state index is 12.0. The summed E-state index contributed by atoms with van der Waals surface area (Å²) in [6.07, 6.45) is 0. The average molecular weight is 340 g/mol. The van der Waals surface area contributed by atoms with Gasteiger partial charge in [-0.3, -0.25) is 9.59 Å². The molecule has 1 aromatic rings. The van der Waals surface area contributed by atoms with Gasteiger partial charge in [0.25, 0.3) is 0 Å². The van der Waals surface area contributed by atoms with E-state index in [0.717, 1.165) is 0 Å². The van der Waals surface area contributed by atoms with Crippen LogP contribution >= 0.6 is 39.1 Å². The minimum Gasteiger partial charge on any atom is -0.465 e. The van der Waals surface area contributed by atoms with Crippen molar-refractivity contribution in [1.82, 2.24) is 0 Å². The second-order valence-electron chi connectivity index (χ2n) is 3.08. The Balaban J connectivity index is 3.01. The molecule has 0 heterocycles. The number of alkyl halides is 1. The molecular formula is C11H9BrCl2O3. The summed E-state index contributed by atoms with van der Waals surface area (Å²) in [6.45, 7) is 1.86. The van der Waals surface area contributed by atoms with Gasteiger partial charge in [-0.25, -0.2) is 0 Å². The van der Waals surface area contributed by atoms with Crippen LogP contribution in [-0.2, 0) is 9.53 Å². The summed E-state index contributed by atoms with van der Waals surface area (Å²) in [6, 6.07) is 4.69. The molecule has 0 bridgehead atoms. The Labute approximate surface area is 117 Å². The fraction of sp³-hybridized carbons (Fsp3) is 0.273. The van der Waals surface area contributed by atoms with Gasteiger partial charge in [0, 0.05) is 0 Å². The molecule has 1 atom stereocenters. The van der Waals surface area contributed by atoms with E-state index in [2.05, 4.69) is 15.9 Å². The maximum Gasteiger partial charge on any atom is 0.327 e. The number of esters is 1. The molecule has 0 fully saturated rings. The van der Waals surface area contributed by atoms with Gasteiger partial charge in [0.2, 0.25) is 0 Å². The van der Waals surface area contributed by atoms with Crippen molar-refractivity contribution in [2.24, 2.45) is 0 Å². The molecule has 0 aliphatic heterocycles. The number of ketones is 1. The molecule has 1 aromatic carbocycles. The summed E-state index contributed by atoms with van der Waals surface area (Å²) in [4.78, 5) is 22.3. The molecule has 0 saturated heterocycles. The normalized spacial score (nSPS) is 12.0. The number of carbonyl (C=O) groups is 2. The SMILES string of the molecule is CCOC(=O)C(Br)C(=O)c1c(Cl)cccc1Cl. The molecule has 0 saturated carbocycles. The number of Topliss-reactive ketones (excluding diaryl/α,β-unsaturated/α-hetero) is 1. The third-order valence-corrected chi connectivity index (χ3v) is 3.35. The first-order valence-electron chi connectivity index (χ1n) is 4.78. The molecule has 0 N–H and O–H groups in total. The third kappa shape index (κ3) is 3.44. The van der Waals surface area contributed by atoms with Crippen LogP contribution < -0.4 is 0 Å². The molecule has 0 aromatic heterocycles. The highest BCUT2D eigenvalue weighted by Gasteiger charge is 2.28. The van der Waals surface area contributed by atoms with Crippen LogP contribution in [0.4, 0.5) is 0 Å². The Bertz CT molecular complexity index is 428. The van der Waals surface area contributed by atoms with E-state index in [0.29, 0.717) is 0 Å². The molecule has 0 amide bonds. The van der Waals surface area contributed by atoms with E-state index in [1.54, 1.807) is 13.0 Å². The Morgan fingerprint density at radius 2 is 1.88 bits per heavy atom. The zero-order valence-electron chi connectivity index (χ0n) is 8.88. The first kappa shape index (κ1) is 14.5. The van der Waals surface area contributed by atoms with Crippen LogP contribution in [0.2, 0.25) is 10.0 Å². The smallest absolute Gasteiger partial charge is 0.327 e. The fourth-order valence-electron chi connectivity index (χ4n) is 1.18. The van der Waals surface area contributed by atoms with Gasteiger partial charge in [-0.1, -0.05) is 45.2 Å². The highest BCUT2D eigenvalue weighted by Crippen LogP contribution is 2.27. The van der Waals surface area contributed by atoms with Crippen molar-refractivity contribution < 1.29 is 14.3 Å². The largest absolute Gasteiger partial charge is 0.465 e. The number of hydrogen-bond donors (Lipinski definition) is 0. The van der Waals surface area contributed by atoms with Crippen LogP contribution in [0.1, 0.15) is 17.3 Å². The lowest BCUT2D eigenvalue weighted by Crippen LogP contribution is -2.26. The number of halogens is 3. The van der Waals surface area contributed by atoms with Crippen molar-refractivity contribution in [2.75, 3.05) is 6.61 Å². The average Bonchev–Trinajstić information content (AvgIpc) is 2.27. The standard InChI is InChI=1S/C11H9BrCl2O3/c1-2-17-11(16)9(12)10(15)8-6(13)4-3-5-7(8)14/h3-5,9H,2H2,1H3. The molecule has 0 aliphatic rings. The van der Waals surface area contributed by atoms with Crippen LogP contribution in [0, 0.1) is 0 Å². The van der Waals surface area contributed by atoms with Crippen LogP contribution in [0.5, 0.6) is 0 Å². The summed E-state index contributed by atoms with van der Waals surface area (Å²) in [5.41, 5.74) is 0.116. The first-order chi connectivity index (χ1) is 7.99. The highest BCUT2D eigenvalue weighted by atomic mass is 79.9. The van der Waals surface area contributed by atoms with Crippen molar-refractivity contribution in [3.05, 3.63) is 33.8 Å². The van der Waals surface area contributed by atoms with E-state index >= 15 is 0 Å². The van der Waals surface area contributed by atoms with Crippen molar-refractivity contribution in [3.63, 3.8) is 0 Å². The van der Waals surface area contributed by atoms with Crippen LogP contribution in [0.3, 0.4) is 0 Å². The molecule has 17 heavy (non-hydrogen) atoms. The van der Waals surface area contributed by atoms with Gasteiger partial charge < -0.3 is 4.74 Å². The number of rotatable bonds is 4. The second-order valence-corrected chi connectivity index (χ2v) is 4.81. The zero-order valence-corrected chi connectivity index (χ0v) is 12.0. The van der Waals surface area contributed by atoms with E-state index in [4.69, 9.17) is 27.9 Å². The monoisotopic (exact) mass is 338 g/mol. The predicted molar refractivity (Wildman–Crippen MR) is 70.1 cm³/mol. The summed E-state index contributed by atoms with van der Waals surface area (Å²) < 4.78 is 4.73. The van der Waals surface area contributed by atoms with Crippen molar-refractivity contribution >= 4 is 50.9 Å². The number of hydrogen-bond acceptors (Lipinski definition) is 3. The van der Waals surface area contributed by atoms with E-state index in [-0.39, 0.29) is 22.2 Å². The van der Waals surface area contributed by atoms with Gasteiger partial charge in [0.1, 0.15) is 0 Å². The third-order valence-electron chi connectivity index (χ3n) is 1.93. The van der Waals surface area contributed by atoms with E-state index in [1.165, 1.54) is 12.1 Å². The minimum absolute atomic E-state index is 0.116. The summed E-state index contributed by atoms with van der Waals surface area (Å²) in [5, 5.41) is 0.410. The zero-order chi connectivity index (χ0) is 13.0. The lowest BCUT2D eigenvalue weighted by molar-refractivity contribution is -0.141. The summed E-state index contributed by atoms with van der Waals surface area (Å²) >= 11 is 14.7. The van der Waals surface area contributed by atoms with E-state index in [9.17, 15) is 9.59 Å². The van der Waals surface area contributed by atoms with Crippen molar-refractivity contribution in [3.8, 4) is 0 Å². The Morgan fingerprint density at radius 1 is 1.35 bits per heavy atom. The van der Waals surface area contributed by atoms with Crippen LogP contribution in [0.25, 0.3) is 0 Å². The first-order valence-corrected chi connectivity index (χ1v) is 6.45. The highest BCUT2D eigenvalue weighted by molar-refractivity contribution is 9.10.